The Balaban J connectivity index is 1.98. The van der Waals surface area contributed by atoms with Gasteiger partial charge in [0.1, 0.15) is 18.8 Å². The normalized spacial score (nSPS) is 22.4. The van der Waals surface area contributed by atoms with Crippen molar-refractivity contribution in [1.82, 2.24) is 0 Å². The van der Waals surface area contributed by atoms with E-state index < -0.39 is 67.7 Å². The average Bonchev–Trinajstić information content (AvgIpc) is 3.05. The lowest BCUT2D eigenvalue weighted by atomic mass is 9.91. The van der Waals surface area contributed by atoms with Gasteiger partial charge in [0.2, 0.25) is 6.10 Å². The zero-order valence-corrected chi connectivity index (χ0v) is 27.0. The van der Waals surface area contributed by atoms with Crippen molar-refractivity contribution in [2.75, 3.05) is 6.61 Å². The van der Waals surface area contributed by atoms with Crippen molar-refractivity contribution in [1.29, 1.82) is 5.26 Å². The third-order valence-electron chi connectivity index (χ3n) is 6.97. The van der Waals surface area contributed by atoms with Gasteiger partial charge in [-0.3, -0.25) is 19.2 Å². The van der Waals surface area contributed by atoms with Gasteiger partial charge in [0, 0.05) is 43.6 Å². The fourth-order valence-corrected chi connectivity index (χ4v) is 8.33. The number of rotatable bonds is 10. The summed E-state index contributed by atoms with van der Waals surface area (Å²) in [5, 5.41) is 21.5. The molecular formula is C33H33N4O9P. The molecule has 0 aromatic heterocycles. The number of hydrogen-bond acceptors (Lipinski definition) is 11. The number of hydrogen-bond donors (Lipinski definition) is 0. The molecule has 0 spiro atoms. The first-order valence-corrected chi connectivity index (χ1v) is 16.2. The number of ether oxygens (including phenoxy) is 5. The summed E-state index contributed by atoms with van der Waals surface area (Å²) < 4.78 is 27.6. The Bertz CT molecular complexity index is 1610. The van der Waals surface area contributed by atoms with Crippen LogP contribution in [-0.4, -0.2) is 60.6 Å². The first kappa shape index (κ1) is 34.7. The lowest BCUT2D eigenvalue weighted by Gasteiger charge is -2.45. The molecule has 0 unspecified atom stereocenters. The molecule has 14 heteroatoms. The van der Waals surface area contributed by atoms with Gasteiger partial charge in [-0.05, 0) is 5.22 Å². The van der Waals surface area contributed by atoms with Crippen molar-refractivity contribution in [3.05, 3.63) is 91.0 Å². The van der Waals surface area contributed by atoms with Crippen molar-refractivity contribution >= 4 is 46.8 Å². The number of nitrogens with zero attached hydrogens (tertiary/aromatic N) is 4. The number of benzene rings is 3. The van der Waals surface area contributed by atoms with Crippen LogP contribution in [0.1, 0.15) is 27.7 Å². The van der Waals surface area contributed by atoms with Crippen molar-refractivity contribution in [2.45, 2.75) is 57.8 Å². The summed E-state index contributed by atoms with van der Waals surface area (Å²) in [4.78, 5) is 53.4. The van der Waals surface area contributed by atoms with Crippen LogP contribution in [0, 0.1) is 11.3 Å². The second-order valence-corrected chi connectivity index (χ2v) is 13.4. The summed E-state index contributed by atoms with van der Waals surface area (Å²) >= 11 is 0. The maximum Gasteiger partial charge on any atom is 0.310 e. The molecule has 3 aromatic rings. The molecule has 47 heavy (non-hydrogen) atoms. The molecule has 1 saturated heterocycles. The number of carbonyl (C=O) groups excluding carboxylic acids is 4. The zero-order chi connectivity index (χ0) is 34.0. The molecule has 1 aliphatic rings. The van der Waals surface area contributed by atoms with E-state index in [2.05, 4.69) is 10.3 Å². The van der Waals surface area contributed by atoms with Crippen LogP contribution in [0.3, 0.4) is 0 Å². The van der Waals surface area contributed by atoms with E-state index in [1.54, 1.807) is 0 Å². The maximum absolute atomic E-state index is 12.4. The van der Waals surface area contributed by atoms with Gasteiger partial charge >= 0.3 is 29.6 Å². The van der Waals surface area contributed by atoms with E-state index in [0.717, 1.165) is 43.6 Å². The van der Waals surface area contributed by atoms with Crippen LogP contribution < -0.4 is 15.9 Å². The molecule has 0 saturated carbocycles. The molecule has 1 aliphatic heterocycles. The van der Waals surface area contributed by atoms with Crippen LogP contribution in [0.2, 0.25) is 0 Å². The Morgan fingerprint density at radius 3 is 1.57 bits per heavy atom. The Hall–Kier alpha value is -5.18. The van der Waals surface area contributed by atoms with E-state index in [-0.39, 0.29) is 0 Å². The molecule has 3 aromatic carbocycles. The SMILES string of the molecule is CC(=O)OC[C@H]1O[C@@](C#N)(/N=N/N=P(c2ccccc2)(c2ccccc2)c2ccccc2)[C@H](OC(C)=O)[C@@H](OC(C)=O)[C@H]1OC(C)=O. The first-order chi connectivity index (χ1) is 22.5. The highest BCUT2D eigenvalue weighted by atomic mass is 31.2. The molecule has 0 aliphatic carbocycles. The zero-order valence-electron chi connectivity index (χ0n) is 26.1. The topological polar surface area (TPSA) is 175 Å². The maximum atomic E-state index is 12.4. The summed E-state index contributed by atoms with van der Waals surface area (Å²) in [6.07, 6.45) is -6.29. The number of esters is 4. The molecule has 4 rings (SSSR count). The van der Waals surface area contributed by atoms with E-state index in [1.165, 1.54) is 0 Å². The van der Waals surface area contributed by atoms with Gasteiger partial charge in [-0.2, -0.15) is 5.26 Å². The fraction of sp³-hybridized carbons (Fsp3) is 0.303. The average molecular weight is 661 g/mol. The predicted molar refractivity (Wildman–Crippen MR) is 169 cm³/mol. The van der Waals surface area contributed by atoms with Gasteiger partial charge in [-0.15, -0.1) is 9.97 Å². The molecule has 0 radical (unpaired) electrons. The monoisotopic (exact) mass is 660 g/mol. The summed E-state index contributed by atoms with van der Waals surface area (Å²) in [6.45, 7) is 3.85. The molecule has 0 amide bonds. The van der Waals surface area contributed by atoms with E-state index in [9.17, 15) is 24.4 Å². The molecule has 1 fully saturated rings. The Morgan fingerprint density at radius 1 is 0.723 bits per heavy atom. The fourth-order valence-electron chi connectivity index (χ4n) is 5.15. The van der Waals surface area contributed by atoms with Crippen LogP contribution in [0.15, 0.2) is 106 Å². The Morgan fingerprint density at radius 2 is 1.17 bits per heavy atom. The van der Waals surface area contributed by atoms with Crippen LogP contribution in [0.25, 0.3) is 0 Å². The van der Waals surface area contributed by atoms with Gasteiger partial charge in [0.05, 0.1) is 7.05 Å². The van der Waals surface area contributed by atoms with Crippen LogP contribution in [-0.2, 0) is 42.9 Å². The van der Waals surface area contributed by atoms with Gasteiger partial charge in [0.25, 0.3) is 0 Å². The van der Waals surface area contributed by atoms with Gasteiger partial charge < -0.3 is 23.7 Å². The van der Waals surface area contributed by atoms with E-state index in [4.69, 9.17) is 28.5 Å². The molecule has 0 N–H and O–H groups in total. The third-order valence-corrected chi connectivity index (χ3v) is 10.5. The van der Waals surface area contributed by atoms with Crippen LogP contribution >= 0.6 is 7.05 Å². The Labute approximate surface area is 271 Å². The van der Waals surface area contributed by atoms with Crippen molar-refractivity contribution < 1.29 is 42.9 Å². The molecular weight excluding hydrogens is 627 g/mol. The minimum atomic E-state index is -2.95. The highest BCUT2D eigenvalue weighted by Gasteiger charge is 2.61. The Kier molecular flexibility index (Phi) is 11.4. The highest BCUT2D eigenvalue weighted by Crippen LogP contribution is 2.47. The minimum Gasteiger partial charge on any atom is -0.463 e. The summed E-state index contributed by atoms with van der Waals surface area (Å²) in [6, 6.07) is 30.3. The van der Waals surface area contributed by atoms with Crippen molar-refractivity contribution in [2.24, 2.45) is 15.2 Å². The summed E-state index contributed by atoms with van der Waals surface area (Å²) in [7, 11) is -2.95. The quantitative estimate of drug-likeness (QED) is 0.103. The van der Waals surface area contributed by atoms with Crippen LogP contribution in [0.5, 0.6) is 0 Å². The number of carbonyl (C=O) groups is 4. The van der Waals surface area contributed by atoms with Gasteiger partial charge in [0.15, 0.2) is 12.2 Å². The van der Waals surface area contributed by atoms with E-state index in [1.807, 2.05) is 97.1 Å². The van der Waals surface area contributed by atoms with Crippen molar-refractivity contribution in [3.8, 4) is 6.07 Å². The largest absolute Gasteiger partial charge is 0.463 e. The summed E-state index contributed by atoms with van der Waals surface area (Å²) in [5.74, 6) is -3.26. The van der Waals surface area contributed by atoms with Crippen LogP contribution in [0.4, 0.5) is 0 Å². The minimum absolute atomic E-state index is 0.539. The molecule has 13 nitrogen and oxygen atoms in total. The second kappa shape index (κ2) is 15.4. The molecule has 244 valence electrons. The molecule has 1 heterocycles. The lowest BCUT2D eigenvalue weighted by Crippen LogP contribution is -2.67. The molecule has 0 bridgehead atoms. The lowest BCUT2D eigenvalue weighted by molar-refractivity contribution is -0.270. The standard InChI is InChI=1S/C33H33N4O9P/c1-22(38)42-20-29-30(43-23(2)39)31(44-24(3)40)32(45-25(4)41)33(21-34,46-29)35-36-37-47(26-14-8-5-9-15-26,27-16-10-6-11-17-27)28-18-12-7-13-19-28/h5-19,29-32H,20H2,1-4H3/b36-35+/t29-,30+,31+,32-,33-/m1/s1. The van der Waals surface area contributed by atoms with Gasteiger partial charge in [-0.25, -0.2) is 0 Å². The van der Waals surface area contributed by atoms with Gasteiger partial charge in [-0.1, -0.05) is 91.0 Å². The third kappa shape index (κ3) is 7.98. The number of nitriles is 1. The highest BCUT2D eigenvalue weighted by molar-refractivity contribution is 7.87. The smallest absolute Gasteiger partial charge is 0.310 e. The summed E-state index contributed by atoms with van der Waals surface area (Å²) in [5.41, 5.74) is -2.50. The molecule has 5 atom stereocenters. The van der Waals surface area contributed by atoms with E-state index in [0.29, 0.717) is 0 Å². The first-order valence-electron chi connectivity index (χ1n) is 14.5. The predicted octanol–water partition coefficient (Wildman–Crippen LogP) is 3.51. The van der Waals surface area contributed by atoms with E-state index >= 15 is 0 Å². The van der Waals surface area contributed by atoms with Crippen molar-refractivity contribution in [3.63, 3.8) is 0 Å². The second-order valence-electron chi connectivity index (χ2n) is 10.4.